The van der Waals surface area contributed by atoms with E-state index in [1.54, 1.807) is 30.3 Å². The SMILES string of the molecule is NCCCCC(NC(=O)C(Cc1ccccc1)NC(=O)C(N)CCCN=C(N)N)C(=O)NC(CCC(N)=O)C(=O)O. The van der Waals surface area contributed by atoms with Crippen LogP contribution in [0.25, 0.3) is 0 Å². The lowest BCUT2D eigenvalue weighted by atomic mass is 10.0. The lowest BCUT2D eigenvalue weighted by molar-refractivity contribution is -0.142. The monoisotopic (exact) mass is 577 g/mol. The quantitative estimate of drug-likeness (QED) is 0.0447. The van der Waals surface area contributed by atoms with E-state index in [-0.39, 0.29) is 44.6 Å². The van der Waals surface area contributed by atoms with E-state index in [9.17, 15) is 29.1 Å². The number of benzene rings is 1. The molecule has 228 valence electrons. The molecule has 41 heavy (non-hydrogen) atoms. The van der Waals surface area contributed by atoms with E-state index in [1.165, 1.54) is 0 Å². The van der Waals surface area contributed by atoms with Crippen molar-refractivity contribution in [2.75, 3.05) is 13.1 Å². The third-order valence-corrected chi connectivity index (χ3v) is 6.09. The predicted molar refractivity (Wildman–Crippen MR) is 153 cm³/mol. The fourth-order valence-electron chi connectivity index (χ4n) is 3.84. The zero-order valence-electron chi connectivity index (χ0n) is 23.1. The molecule has 4 atom stereocenters. The highest BCUT2D eigenvalue weighted by Gasteiger charge is 2.30. The van der Waals surface area contributed by atoms with Gasteiger partial charge in [-0.1, -0.05) is 30.3 Å². The molecule has 1 aromatic carbocycles. The largest absolute Gasteiger partial charge is 0.480 e. The Balaban J connectivity index is 3.06. The van der Waals surface area contributed by atoms with Crippen LogP contribution in [0.15, 0.2) is 35.3 Å². The Labute approximate surface area is 239 Å². The maximum absolute atomic E-state index is 13.4. The summed E-state index contributed by atoms with van der Waals surface area (Å²) in [5.41, 5.74) is 28.0. The van der Waals surface area contributed by atoms with Gasteiger partial charge < -0.3 is 49.7 Å². The Morgan fingerprint density at radius 1 is 0.780 bits per heavy atom. The number of hydrogen-bond acceptors (Lipinski definition) is 8. The molecule has 0 fully saturated rings. The smallest absolute Gasteiger partial charge is 0.326 e. The first-order valence-electron chi connectivity index (χ1n) is 13.4. The van der Waals surface area contributed by atoms with Gasteiger partial charge in [0.15, 0.2) is 5.96 Å². The zero-order chi connectivity index (χ0) is 30.8. The van der Waals surface area contributed by atoms with Gasteiger partial charge >= 0.3 is 5.97 Å². The van der Waals surface area contributed by atoms with Crippen molar-refractivity contribution in [2.24, 2.45) is 33.7 Å². The standard InChI is InChI=1S/C26H43N9O6/c27-13-5-4-10-18(23(38)34-19(25(40)41)11-12-21(29)36)33-24(39)20(15-16-7-2-1-3-8-16)35-22(37)17(28)9-6-14-32-26(30)31/h1-3,7-8,17-20H,4-6,9-15,27-28H2,(H2,29,36)(H,33,39)(H,34,38)(H,35,37)(H,40,41)(H4,30,31,32). The fraction of sp³-hybridized carbons (Fsp3) is 0.538. The number of carbonyl (C=O) groups is 5. The first-order chi connectivity index (χ1) is 19.4. The van der Waals surface area contributed by atoms with E-state index in [2.05, 4.69) is 20.9 Å². The van der Waals surface area contributed by atoms with Gasteiger partial charge in [-0.25, -0.2) is 4.79 Å². The minimum absolute atomic E-state index is 0.0739. The van der Waals surface area contributed by atoms with Gasteiger partial charge in [-0.15, -0.1) is 0 Å². The number of primary amides is 1. The molecule has 0 saturated carbocycles. The number of guanidine groups is 1. The molecule has 0 saturated heterocycles. The van der Waals surface area contributed by atoms with Crippen molar-refractivity contribution < 1.29 is 29.1 Å². The molecule has 0 aliphatic heterocycles. The van der Waals surface area contributed by atoms with Gasteiger partial charge in [0.1, 0.15) is 18.1 Å². The van der Waals surface area contributed by atoms with Crippen LogP contribution < -0.4 is 44.6 Å². The van der Waals surface area contributed by atoms with Gasteiger partial charge in [-0.2, -0.15) is 0 Å². The molecule has 0 radical (unpaired) electrons. The summed E-state index contributed by atoms with van der Waals surface area (Å²) in [6.07, 6.45) is 1.51. The minimum atomic E-state index is -1.39. The number of nitrogens with one attached hydrogen (secondary N) is 3. The Morgan fingerprint density at radius 3 is 1.98 bits per heavy atom. The first kappa shape index (κ1) is 34.8. The molecule has 4 amide bonds. The lowest BCUT2D eigenvalue weighted by Gasteiger charge is -2.25. The van der Waals surface area contributed by atoms with Crippen molar-refractivity contribution in [3.05, 3.63) is 35.9 Å². The van der Waals surface area contributed by atoms with Crippen molar-refractivity contribution in [3.63, 3.8) is 0 Å². The average molecular weight is 578 g/mol. The van der Waals surface area contributed by atoms with Crippen molar-refractivity contribution in [2.45, 2.75) is 75.5 Å². The third kappa shape index (κ3) is 14.6. The summed E-state index contributed by atoms with van der Waals surface area (Å²) in [7, 11) is 0. The maximum Gasteiger partial charge on any atom is 0.326 e. The second kappa shape index (κ2) is 18.9. The van der Waals surface area contributed by atoms with Crippen LogP contribution in [0, 0.1) is 0 Å². The van der Waals surface area contributed by atoms with Gasteiger partial charge in [0.25, 0.3) is 0 Å². The summed E-state index contributed by atoms with van der Waals surface area (Å²) in [5, 5.41) is 17.1. The number of carboxylic acid groups (broad SMARTS) is 1. The average Bonchev–Trinajstić information content (AvgIpc) is 2.92. The van der Waals surface area contributed by atoms with Crippen LogP contribution in [0.2, 0.25) is 0 Å². The van der Waals surface area contributed by atoms with Crippen molar-refractivity contribution in [1.82, 2.24) is 16.0 Å². The number of amides is 4. The molecule has 0 aliphatic carbocycles. The van der Waals surface area contributed by atoms with Crippen LogP contribution in [0.1, 0.15) is 50.5 Å². The number of nitrogens with two attached hydrogens (primary N) is 5. The topological polar surface area (TPSA) is 284 Å². The summed E-state index contributed by atoms with van der Waals surface area (Å²) in [5.74, 6) is -4.13. The summed E-state index contributed by atoms with van der Waals surface area (Å²) >= 11 is 0. The van der Waals surface area contributed by atoms with Crippen LogP contribution in [0.4, 0.5) is 0 Å². The Hall–Kier alpha value is -4.24. The zero-order valence-corrected chi connectivity index (χ0v) is 23.1. The molecular formula is C26H43N9O6. The highest BCUT2D eigenvalue weighted by atomic mass is 16.4. The molecule has 0 heterocycles. The van der Waals surface area contributed by atoms with Crippen LogP contribution >= 0.6 is 0 Å². The Morgan fingerprint density at radius 2 is 1.39 bits per heavy atom. The van der Waals surface area contributed by atoms with Crippen LogP contribution in [-0.4, -0.2) is 77.9 Å². The second-order valence-corrected chi connectivity index (χ2v) is 9.56. The molecular weight excluding hydrogens is 534 g/mol. The van der Waals surface area contributed by atoms with Crippen LogP contribution in [0.3, 0.4) is 0 Å². The van der Waals surface area contributed by atoms with Crippen molar-refractivity contribution in [3.8, 4) is 0 Å². The molecule has 0 aromatic heterocycles. The lowest BCUT2D eigenvalue weighted by Crippen LogP contribution is -2.57. The van der Waals surface area contributed by atoms with Gasteiger partial charge in [-0.3, -0.25) is 24.2 Å². The van der Waals surface area contributed by atoms with Crippen molar-refractivity contribution in [1.29, 1.82) is 0 Å². The van der Waals surface area contributed by atoms with Gasteiger partial charge in [0.05, 0.1) is 6.04 Å². The number of nitrogens with zero attached hydrogens (tertiary/aromatic N) is 1. The Kier molecular flexibility index (Phi) is 16.1. The molecule has 14 N–H and O–H groups in total. The molecule has 0 bridgehead atoms. The van der Waals surface area contributed by atoms with E-state index >= 15 is 0 Å². The van der Waals surface area contributed by atoms with E-state index in [4.69, 9.17) is 28.7 Å². The number of carbonyl (C=O) groups excluding carboxylic acids is 4. The molecule has 1 rings (SSSR count). The molecule has 4 unspecified atom stereocenters. The van der Waals surface area contributed by atoms with Crippen LogP contribution in [-0.2, 0) is 30.4 Å². The molecule has 15 nitrogen and oxygen atoms in total. The molecule has 0 aliphatic rings. The van der Waals surface area contributed by atoms with Gasteiger partial charge in [-0.05, 0) is 50.6 Å². The number of unbranched alkanes of at least 4 members (excludes halogenated alkanes) is 1. The minimum Gasteiger partial charge on any atom is -0.480 e. The van der Waals surface area contributed by atoms with Gasteiger partial charge in [0, 0.05) is 19.4 Å². The molecule has 15 heteroatoms. The predicted octanol–water partition coefficient (Wildman–Crippen LogP) is -2.46. The number of aliphatic imine (C=N–C) groups is 1. The first-order valence-corrected chi connectivity index (χ1v) is 13.4. The van der Waals surface area contributed by atoms with E-state index in [0.29, 0.717) is 25.8 Å². The Bertz CT molecular complexity index is 1030. The highest BCUT2D eigenvalue weighted by molar-refractivity contribution is 5.94. The fourth-order valence-corrected chi connectivity index (χ4v) is 3.84. The van der Waals surface area contributed by atoms with Crippen LogP contribution in [0.5, 0.6) is 0 Å². The highest BCUT2D eigenvalue weighted by Crippen LogP contribution is 2.08. The number of aliphatic carboxylic acids is 1. The van der Waals surface area contributed by atoms with Crippen molar-refractivity contribution >= 4 is 35.6 Å². The number of carboxylic acids is 1. The van der Waals surface area contributed by atoms with E-state index < -0.39 is 53.8 Å². The second-order valence-electron chi connectivity index (χ2n) is 9.56. The number of rotatable bonds is 20. The normalized spacial score (nSPS) is 13.6. The molecule has 1 aromatic rings. The van der Waals surface area contributed by atoms with Gasteiger partial charge in [0.2, 0.25) is 23.6 Å². The van der Waals surface area contributed by atoms with E-state index in [0.717, 1.165) is 5.56 Å². The summed E-state index contributed by atoms with van der Waals surface area (Å²) in [6.45, 7) is 0.639. The molecule has 0 spiro atoms. The third-order valence-electron chi connectivity index (χ3n) is 6.09. The van der Waals surface area contributed by atoms with E-state index in [1.807, 2.05) is 0 Å². The summed E-state index contributed by atoms with van der Waals surface area (Å²) in [6, 6.07) is 4.37. The summed E-state index contributed by atoms with van der Waals surface area (Å²) < 4.78 is 0. The number of hydrogen-bond donors (Lipinski definition) is 9. The maximum atomic E-state index is 13.4. The summed E-state index contributed by atoms with van der Waals surface area (Å²) in [4.78, 5) is 65.9.